The Morgan fingerprint density at radius 3 is 3.17 bits per heavy atom. The molecular weight excluding hydrogens is 240 g/mol. The number of halogens is 1. The minimum atomic E-state index is -0.144. The Bertz CT molecular complexity index is 328. The van der Waals surface area contributed by atoms with Gasteiger partial charge in [-0.2, -0.15) is 5.26 Å². The second kappa shape index (κ2) is 4.24. The first-order chi connectivity index (χ1) is 5.77. The summed E-state index contributed by atoms with van der Waals surface area (Å²) in [5, 5.41) is 13.8. The Labute approximate surface area is 82.1 Å². The second-order valence-electron chi connectivity index (χ2n) is 1.96. The van der Waals surface area contributed by atoms with E-state index in [1.807, 2.05) is 6.07 Å². The van der Waals surface area contributed by atoms with E-state index in [1.54, 1.807) is 11.4 Å². The van der Waals surface area contributed by atoms with Crippen LogP contribution in [0.3, 0.4) is 0 Å². The van der Waals surface area contributed by atoms with Crippen LogP contribution in [0.1, 0.15) is 5.56 Å². The zero-order chi connectivity index (χ0) is 8.97. The molecule has 0 radical (unpaired) electrons. The van der Waals surface area contributed by atoms with E-state index in [9.17, 15) is 4.79 Å². The average molecular weight is 245 g/mol. The largest absolute Gasteiger partial charge is 0.316 e. The Morgan fingerprint density at radius 1 is 1.83 bits per heavy atom. The molecule has 1 amide bonds. The number of hydrogen-bond acceptors (Lipinski definition) is 3. The molecular formula is C7H5BrN2OS. The molecule has 0 saturated carbocycles. The lowest BCUT2D eigenvalue weighted by Crippen LogP contribution is -2.11. The van der Waals surface area contributed by atoms with E-state index in [1.165, 1.54) is 11.3 Å². The zero-order valence-electron chi connectivity index (χ0n) is 6.00. The van der Waals surface area contributed by atoms with Crippen LogP contribution in [-0.4, -0.2) is 11.2 Å². The highest BCUT2D eigenvalue weighted by Crippen LogP contribution is 2.21. The van der Waals surface area contributed by atoms with Crippen molar-refractivity contribution in [1.29, 1.82) is 5.26 Å². The quantitative estimate of drug-likeness (QED) is 0.809. The Morgan fingerprint density at radius 2 is 2.58 bits per heavy atom. The molecule has 62 valence electrons. The molecule has 0 aliphatic rings. The molecule has 0 unspecified atom stereocenters. The molecule has 0 fully saturated rings. The van der Waals surface area contributed by atoms with E-state index < -0.39 is 0 Å². The summed E-state index contributed by atoms with van der Waals surface area (Å²) in [4.78, 5) is 10.9. The number of nitrogens with one attached hydrogen (secondary N) is 1. The van der Waals surface area contributed by atoms with Crippen LogP contribution < -0.4 is 5.32 Å². The smallest absolute Gasteiger partial charge is 0.235 e. The van der Waals surface area contributed by atoms with Crippen molar-refractivity contribution >= 4 is 38.2 Å². The number of amides is 1. The minimum absolute atomic E-state index is 0.144. The Hall–Kier alpha value is -0.860. The van der Waals surface area contributed by atoms with E-state index in [0.717, 1.165) is 0 Å². The normalized spacial score (nSPS) is 9.00. The van der Waals surface area contributed by atoms with Gasteiger partial charge in [0, 0.05) is 0 Å². The fraction of sp³-hybridized carbons (Fsp3) is 0.143. The predicted molar refractivity (Wildman–Crippen MR) is 51.5 cm³/mol. The third-order valence-corrected chi connectivity index (χ3v) is 2.50. The third kappa shape index (κ3) is 2.06. The van der Waals surface area contributed by atoms with Crippen LogP contribution in [0.15, 0.2) is 11.4 Å². The van der Waals surface area contributed by atoms with E-state index >= 15 is 0 Å². The van der Waals surface area contributed by atoms with Crippen molar-refractivity contribution in [3.05, 3.63) is 17.0 Å². The predicted octanol–water partition coefficient (Wildman–Crippen LogP) is 1.95. The molecule has 1 rings (SSSR count). The number of nitriles is 1. The van der Waals surface area contributed by atoms with Crippen LogP contribution in [-0.2, 0) is 4.79 Å². The monoisotopic (exact) mass is 244 g/mol. The molecule has 1 aromatic heterocycles. The minimum Gasteiger partial charge on any atom is -0.316 e. The summed E-state index contributed by atoms with van der Waals surface area (Å²) in [5.41, 5.74) is 0.509. The molecule has 0 saturated heterocycles. The van der Waals surface area contributed by atoms with Crippen molar-refractivity contribution in [3.63, 3.8) is 0 Å². The van der Waals surface area contributed by atoms with Gasteiger partial charge in [0.1, 0.15) is 11.1 Å². The van der Waals surface area contributed by atoms with Crippen LogP contribution in [0.5, 0.6) is 0 Å². The highest BCUT2D eigenvalue weighted by Gasteiger charge is 2.05. The number of thiophene rings is 1. The van der Waals surface area contributed by atoms with Gasteiger partial charge < -0.3 is 5.32 Å². The molecule has 1 N–H and O–H groups in total. The van der Waals surface area contributed by atoms with Gasteiger partial charge in [0.05, 0.1) is 10.9 Å². The number of nitrogens with zero attached hydrogens (tertiary/aromatic N) is 1. The van der Waals surface area contributed by atoms with Gasteiger partial charge in [0.15, 0.2) is 0 Å². The fourth-order valence-electron chi connectivity index (χ4n) is 0.654. The van der Waals surface area contributed by atoms with Gasteiger partial charge in [0.2, 0.25) is 5.91 Å². The summed E-state index contributed by atoms with van der Waals surface area (Å²) >= 11 is 4.36. The number of carbonyl (C=O) groups is 1. The van der Waals surface area contributed by atoms with Crippen molar-refractivity contribution < 1.29 is 4.79 Å². The van der Waals surface area contributed by atoms with Crippen LogP contribution in [0.25, 0.3) is 0 Å². The maximum atomic E-state index is 10.9. The van der Waals surface area contributed by atoms with Crippen LogP contribution in [0, 0.1) is 11.3 Å². The number of alkyl halides is 1. The highest BCUT2D eigenvalue weighted by atomic mass is 79.9. The van der Waals surface area contributed by atoms with Gasteiger partial charge in [-0.05, 0) is 11.4 Å². The Balaban J connectivity index is 2.76. The van der Waals surface area contributed by atoms with Gasteiger partial charge in [-0.3, -0.25) is 4.79 Å². The van der Waals surface area contributed by atoms with E-state index in [2.05, 4.69) is 21.2 Å². The van der Waals surface area contributed by atoms with Crippen molar-refractivity contribution in [1.82, 2.24) is 0 Å². The second-order valence-corrected chi connectivity index (χ2v) is 3.43. The van der Waals surface area contributed by atoms with Gasteiger partial charge in [0.25, 0.3) is 0 Å². The number of carbonyl (C=O) groups excluding carboxylic acids is 1. The summed E-state index contributed by atoms with van der Waals surface area (Å²) in [5.74, 6) is -0.144. The SMILES string of the molecule is N#Cc1ccsc1NC(=O)CBr. The lowest BCUT2D eigenvalue weighted by atomic mass is 10.3. The fourth-order valence-corrected chi connectivity index (χ4v) is 1.55. The summed E-state index contributed by atoms with van der Waals surface area (Å²) in [6.45, 7) is 0. The van der Waals surface area contributed by atoms with Crippen LogP contribution >= 0.6 is 27.3 Å². The molecule has 1 heterocycles. The van der Waals surface area contributed by atoms with E-state index in [-0.39, 0.29) is 11.2 Å². The van der Waals surface area contributed by atoms with Crippen molar-refractivity contribution in [3.8, 4) is 6.07 Å². The number of hydrogen-bond donors (Lipinski definition) is 1. The molecule has 5 heteroatoms. The Kier molecular flexibility index (Phi) is 3.26. The summed E-state index contributed by atoms with van der Waals surface area (Å²) in [6.07, 6.45) is 0. The number of rotatable bonds is 2. The molecule has 3 nitrogen and oxygen atoms in total. The third-order valence-electron chi connectivity index (χ3n) is 1.16. The average Bonchev–Trinajstić information content (AvgIpc) is 2.51. The number of anilines is 1. The first-order valence-electron chi connectivity index (χ1n) is 3.11. The van der Waals surface area contributed by atoms with Crippen molar-refractivity contribution in [2.24, 2.45) is 0 Å². The van der Waals surface area contributed by atoms with Crippen LogP contribution in [0.2, 0.25) is 0 Å². The first-order valence-corrected chi connectivity index (χ1v) is 5.11. The maximum Gasteiger partial charge on any atom is 0.235 e. The van der Waals surface area contributed by atoms with Crippen LogP contribution in [0.4, 0.5) is 5.00 Å². The molecule has 0 aliphatic carbocycles. The van der Waals surface area contributed by atoms with Crippen molar-refractivity contribution in [2.45, 2.75) is 0 Å². The zero-order valence-corrected chi connectivity index (χ0v) is 8.41. The molecule has 1 aromatic rings. The van der Waals surface area contributed by atoms with Gasteiger partial charge in [-0.25, -0.2) is 0 Å². The summed E-state index contributed by atoms with van der Waals surface area (Å²) in [6, 6.07) is 3.66. The van der Waals surface area contributed by atoms with Crippen molar-refractivity contribution in [2.75, 3.05) is 10.6 Å². The molecule has 12 heavy (non-hydrogen) atoms. The maximum absolute atomic E-state index is 10.9. The molecule has 0 spiro atoms. The van der Waals surface area contributed by atoms with E-state index in [4.69, 9.17) is 5.26 Å². The molecule has 0 bridgehead atoms. The first kappa shape index (κ1) is 9.23. The van der Waals surface area contributed by atoms with Gasteiger partial charge in [-0.15, -0.1) is 11.3 Å². The molecule has 0 atom stereocenters. The van der Waals surface area contributed by atoms with E-state index in [0.29, 0.717) is 10.6 Å². The van der Waals surface area contributed by atoms with Gasteiger partial charge in [-0.1, -0.05) is 15.9 Å². The standard InChI is InChI=1S/C7H5BrN2OS/c8-3-6(11)10-7-5(4-9)1-2-12-7/h1-2H,3H2,(H,10,11). The van der Waals surface area contributed by atoms with Gasteiger partial charge >= 0.3 is 0 Å². The molecule has 0 aromatic carbocycles. The summed E-state index contributed by atoms with van der Waals surface area (Å²) in [7, 11) is 0. The topological polar surface area (TPSA) is 52.9 Å². The lowest BCUT2D eigenvalue weighted by molar-refractivity contribution is -0.113. The lowest BCUT2D eigenvalue weighted by Gasteiger charge is -1.97. The highest BCUT2D eigenvalue weighted by molar-refractivity contribution is 9.09. The summed E-state index contributed by atoms with van der Waals surface area (Å²) < 4.78 is 0. The molecule has 0 aliphatic heterocycles.